The van der Waals surface area contributed by atoms with E-state index in [0.717, 1.165) is 6.07 Å². The molecule has 1 aliphatic heterocycles. The van der Waals surface area contributed by atoms with Crippen LogP contribution in [-0.2, 0) is 14.4 Å². The van der Waals surface area contributed by atoms with Crippen LogP contribution in [0.1, 0.15) is 37.0 Å². The minimum Gasteiger partial charge on any atom is -0.394 e. The summed E-state index contributed by atoms with van der Waals surface area (Å²) in [6.45, 7) is 2.39. The highest BCUT2D eigenvalue weighted by molar-refractivity contribution is 6.03. The van der Waals surface area contributed by atoms with Gasteiger partial charge in [-0.3, -0.25) is 29.3 Å². The summed E-state index contributed by atoms with van der Waals surface area (Å²) in [5.41, 5.74) is 3.93. The summed E-state index contributed by atoms with van der Waals surface area (Å²) in [4.78, 5) is 60.4. The Bertz CT molecular complexity index is 986. The second-order valence-electron chi connectivity index (χ2n) is 8.08. The van der Waals surface area contributed by atoms with E-state index in [9.17, 15) is 38.8 Å². The molecule has 13 nitrogen and oxygen atoms in total. The molecule has 7 N–H and O–H groups in total. The Hall–Kier alpha value is -3.81. The van der Waals surface area contributed by atoms with E-state index >= 15 is 0 Å². The number of carbonyl (C=O) groups is 4. The van der Waals surface area contributed by atoms with Gasteiger partial charge in [0.05, 0.1) is 28.8 Å². The normalized spacial score (nSPS) is 22.3. The summed E-state index contributed by atoms with van der Waals surface area (Å²) < 4.78 is 14.7. The van der Waals surface area contributed by atoms with Crippen molar-refractivity contribution in [2.24, 2.45) is 11.7 Å². The largest absolute Gasteiger partial charge is 0.394 e. The number of fused-ring (bicyclic) bond motifs is 1. The van der Waals surface area contributed by atoms with E-state index < -0.39 is 76.3 Å². The number of non-ortho nitro benzene ring substituents is 1. The van der Waals surface area contributed by atoms with Gasteiger partial charge in [-0.2, -0.15) is 0 Å². The van der Waals surface area contributed by atoms with Crippen LogP contribution in [0.3, 0.4) is 0 Å². The van der Waals surface area contributed by atoms with Crippen molar-refractivity contribution in [1.82, 2.24) is 16.0 Å². The van der Waals surface area contributed by atoms with Crippen LogP contribution >= 0.6 is 0 Å². The van der Waals surface area contributed by atoms with E-state index in [0.29, 0.717) is 6.07 Å². The van der Waals surface area contributed by atoms with Gasteiger partial charge < -0.3 is 32.1 Å². The van der Waals surface area contributed by atoms with Crippen molar-refractivity contribution >= 4 is 35.0 Å². The van der Waals surface area contributed by atoms with Crippen molar-refractivity contribution in [2.45, 2.75) is 44.8 Å². The molecule has 1 aromatic rings. The van der Waals surface area contributed by atoms with Crippen LogP contribution in [0.5, 0.6) is 0 Å². The molecular formula is C20H27FN6O7. The zero-order chi connectivity index (χ0) is 25.6. The molecule has 4 amide bonds. The number of nitro benzene ring substituents is 1. The summed E-state index contributed by atoms with van der Waals surface area (Å²) >= 11 is 0. The number of aliphatic hydroxyl groups excluding tert-OH is 1. The number of halogens is 1. The Morgan fingerprint density at radius 3 is 2.47 bits per heavy atom. The summed E-state index contributed by atoms with van der Waals surface area (Å²) in [6, 6.07) is -2.31. The molecule has 14 heteroatoms. The molecular weight excluding hydrogens is 455 g/mol. The first-order valence-corrected chi connectivity index (χ1v) is 10.5. The fraction of sp³-hybridized carbons (Fsp3) is 0.500. The molecule has 2 rings (SSSR count). The van der Waals surface area contributed by atoms with Gasteiger partial charge in [0.15, 0.2) is 5.82 Å². The summed E-state index contributed by atoms with van der Waals surface area (Å²) in [7, 11) is 0. The molecule has 0 fully saturated rings. The van der Waals surface area contributed by atoms with Gasteiger partial charge in [-0.15, -0.1) is 0 Å². The smallest absolute Gasteiger partial charge is 0.273 e. The molecule has 34 heavy (non-hydrogen) atoms. The maximum Gasteiger partial charge on any atom is 0.273 e. The number of hydrogen-bond acceptors (Lipinski definition) is 8. The predicted octanol–water partition coefficient (Wildman–Crippen LogP) is -0.859. The standard InChI is InChI=1S/C20H27FN6O7/c1-9(2)15-20(32)25-14(8-28)19(31)24-13(17(22)29)4-3-5-23-16-11(18(30)26-15)6-10(27(33)34)7-12(16)21/h6-7,9,13-15,23,28H,3-5,8H2,1-2H3,(H2,22,29)(H,24,31)(H,25,32)(H,26,30)/t13-,14-,15-/m0/s1. The molecule has 1 aliphatic rings. The number of aliphatic hydroxyl groups is 1. The van der Waals surface area contributed by atoms with Crippen molar-refractivity contribution in [3.63, 3.8) is 0 Å². The Labute approximate surface area is 193 Å². The fourth-order valence-electron chi connectivity index (χ4n) is 3.34. The van der Waals surface area contributed by atoms with Crippen LogP contribution in [0.15, 0.2) is 12.1 Å². The lowest BCUT2D eigenvalue weighted by Crippen LogP contribution is -2.58. The van der Waals surface area contributed by atoms with Crippen LogP contribution in [0.25, 0.3) is 0 Å². The summed E-state index contributed by atoms with van der Waals surface area (Å²) in [5.74, 6) is -5.12. The predicted molar refractivity (Wildman–Crippen MR) is 117 cm³/mol. The lowest BCUT2D eigenvalue weighted by atomic mass is 10.0. The minimum atomic E-state index is -1.44. The molecule has 0 radical (unpaired) electrons. The van der Waals surface area contributed by atoms with Crippen molar-refractivity contribution in [3.05, 3.63) is 33.6 Å². The maximum absolute atomic E-state index is 14.7. The number of nitrogens with zero attached hydrogens (tertiary/aromatic N) is 1. The highest BCUT2D eigenvalue weighted by atomic mass is 19.1. The topological polar surface area (TPSA) is 206 Å². The number of carbonyl (C=O) groups excluding carboxylic acids is 4. The van der Waals surface area contributed by atoms with Gasteiger partial charge in [0.1, 0.15) is 18.1 Å². The molecule has 0 saturated carbocycles. The quantitative estimate of drug-likeness (QED) is 0.235. The molecule has 3 atom stereocenters. The van der Waals surface area contributed by atoms with Gasteiger partial charge in [0.25, 0.3) is 11.6 Å². The zero-order valence-electron chi connectivity index (χ0n) is 18.6. The van der Waals surface area contributed by atoms with Crippen molar-refractivity contribution < 1.29 is 33.6 Å². The second-order valence-corrected chi connectivity index (χ2v) is 8.08. The van der Waals surface area contributed by atoms with Crippen LogP contribution in [0.2, 0.25) is 0 Å². The zero-order valence-corrected chi connectivity index (χ0v) is 18.6. The lowest BCUT2D eigenvalue weighted by Gasteiger charge is -2.25. The van der Waals surface area contributed by atoms with Gasteiger partial charge in [0.2, 0.25) is 17.7 Å². The third kappa shape index (κ3) is 6.37. The van der Waals surface area contributed by atoms with Gasteiger partial charge in [-0.1, -0.05) is 13.8 Å². The molecule has 0 saturated heterocycles. The van der Waals surface area contributed by atoms with Gasteiger partial charge in [0, 0.05) is 12.6 Å². The Kier molecular flexibility index (Phi) is 8.83. The number of rotatable bonds is 4. The van der Waals surface area contributed by atoms with Crippen molar-refractivity contribution in [1.29, 1.82) is 0 Å². The number of primary amides is 1. The first-order valence-electron chi connectivity index (χ1n) is 10.5. The van der Waals surface area contributed by atoms with E-state index in [1.54, 1.807) is 13.8 Å². The average molecular weight is 482 g/mol. The molecule has 1 aromatic carbocycles. The monoisotopic (exact) mass is 482 g/mol. The van der Waals surface area contributed by atoms with Gasteiger partial charge >= 0.3 is 0 Å². The molecule has 0 aliphatic carbocycles. The molecule has 0 bridgehead atoms. The first kappa shape index (κ1) is 26.4. The van der Waals surface area contributed by atoms with Crippen LogP contribution in [-0.4, -0.2) is 64.9 Å². The van der Waals surface area contributed by atoms with Crippen molar-refractivity contribution in [3.8, 4) is 0 Å². The summed E-state index contributed by atoms with van der Waals surface area (Å²) in [5, 5.41) is 30.5. The second kappa shape index (κ2) is 11.4. The minimum absolute atomic E-state index is 0.0167. The lowest BCUT2D eigenvalue weighted by molar-refractivity contribution is -0.385. The van der Waals surface area contributed by atoms with E-state index in [1.165, 1.54) is 0 Å². The third-order valence-corrected chi connectivity index (χ3v) is 5.21. The highest BCUT2D eigenvalue weighted by Crippen LogP contribution is 2.27. The van der Waals surface area contributed by atoms with E-state index in [4.69, 9.17) is 5.73 Å². The van der Waals surface area contributed by atoms with Gasteiger partial charge in [-0.25, -0.2) is 4.39 Å². The SMILES string of the molecule is CC(C)[C@@H]1NC(=O)c2cc([N+](=O)[O-])cc(F)c2NCCC[C@@H](C(N)=O)NC(=O)[C@H](CO)NC1=O. The molecule has 1 heterocycles. The Balaban J connectivity index is 2.52. The molecule has 0 spiro atoms. The van der Waals surface area contributed by atoms with Crippen LogP contribution in [0.4, 0.5) is 15.8 Å². The maximum atomic E-state index is 14.7. The number of hydrogen-bond donors (Lipinski definition) is 6. The molecule has 0 unspecified atom stereocenters. The number of nitrogens with two attached hydrogens (primary N) is 1. The Morgan fingerprint density at radius 2 is 1.91 bits per heavy atom. The van der Waals surface area contributed by atoms with Crippen molar-refractivity contribution in [2.75, 3.05) is 18.5 Å². The number of anilines is 1. The number of nitro groups is 1. The Morgan fingerprint density at radius 1 is 1.24 bits per heavy atom. The molecule has 0 aromatic heterocycles. The number of amides is 4. The summed E-state index contributed by atoms with van der Waals surface area (Å²) in [6.07, 6.45) is 0.195. The molecule has 186 valence electrons. The van der Waals surface area contributed by atoms with Crippen LogP contribution in [0, 0.1) is 21.8 Å². The average Bonchev–Trinajstić information content (AvgIpc) is 2.76. The fourth-order valence-corrected chi connectivity index (χ4v) is 3.34. The third-order valence-electron chi connectivity index (χ3n) is 5.21. The first-order chi connectivity index (χ1) is 16.0. The van der Waals surface area contributed by atoms with E-state index in [1.807, 2.05) is 0 Å². The number of nitrogens with one attached hydrogen (secondary N) is 4. The van der Waals surface area contributed by atoms with Gasteiger partial charge in [-0.05, 0) is 18.8 Å². The van der Waals surface area contributed by atoms with E-state index in [2.05, 4.69) is 21.3 Å². The van der Waals surface area contributed by atoms with E-state index in [-0.39, 0.29) is 25.1 Å². The van der Waals surface area contributed by atoms with Crippen LogP contribution < -0.4 is 27.0 Å². The highest BCUT2D eigenvalue weighted by Gasteiger charge is 2.32. The number of benzene rings is 1.